The summed E-state index contributed by atoms with van der Waals surface area (Å²) in [6.07, 6.45) is 11.2. The van der Waals surface area contributed by atoms with Gasteiger partial charge in [-0.1, -0.05) is 18.1 Å². The van der Waals surface area contributed by atoms with E-state index in [2.05, 4.69) is 21.5 Å². The van der Waals surface area contributed by atoms with Gasteiger partial charge in [0.1, 0.15) is 5.60 Å². The zero-order chi connectivity index (χ0) is 16.4. The summed E-state index contributed by atoms with van der Waals surface area (Å²) in [6, 6.07) is 0.553. The number of piperidine rings is 1. The number of rotatable bonds is 6. The second-order valence-electron chi connectivity index (χ2n) is 6.52. The van der Waals surface area contributed by atoms with Gasteiger partial charge < -0.3 is 15.4 Å². The molecule has 5 heteroatoms. The molecule has 1 aliphatic heterocycles. The molecule has 2 N–H and O–H groups in total. The lowest BCUT2D eigenvalue weighted by Crippen LogP contribution is -2.42. The molecular formula is C17H29N3O2. The number of hydrogen-bond acceptors (Lipinski definition) is 4. The molecule has 0 spiro atoms. The van der Waals surface area contributed by atoms with Crippen molar-refractivity contribution in [3.05, 3.63) is 12.2 Å². The second kappa shape index (κ2) is 9.50. The summed E-state index contributed by atoms with van der Waals surface area (Å²) in [5.41, 5.74) is -0.455. The Morgan fingerprint density at radius 3 is 2.55 bits per heavy atom. The van der Waals surface area contributed by atoms with Gasteiger partial charge in [-0.3, -0.25) is 4.90 Å². The minimum Gasteiger partial charge on any atom is -0.444 e. The molecule has 0 atom stereocenters. The molecule has 0 aromatic carbocycles. The van der Waals surface area contributed by atoms with Crippen LogP contribution in [0, 0.1) is 12.3 Å². The van der Waals surface area contributed by atoms with Crippen LogP contribution in [0.1, 0.15) is 33.6 Å². The Balaban J connectivity index is 2.05. The Morgan fingerprint density at radius 2 is 1.95 bits per heavy atom. The summed E-state index contributed by atoms with van der Waals surface area (Å²) in [7, 11) is 0. The van der Waals surface area contributed by atoms with E-state index >= 15 is 0 Å². The number of carbonyl (C=O) groups is 1. The van der Waals surface area contributed by atoms with Gasteiger partial charge in [-0.15, -0.1) is 6.42 Å². The van der Waals surface area contributed by atoms with Gasteiger partial charge in [0.25, 0.3) is 0 Å². The van der Waals surface area contributed by atoms with E-state index in [0.29, 0.717) is 12.6 Å². The van der Waals surface area contributed by atoms with Gasteiger partial charge in [0.15, 0.2) is 0 Å². The molecule has 0 saturated carbocycles. The van der Waals surface area contributed by atoms with Crippen molar-refractivity contribution >= 4 is 6.09 Å². The lowest BCUT2D eigenvalue weighted by molar-refractivity contribution is 0.0534. The van der Waals surface area contributed by atoms with E-state index in [1.807, 2.05) is 32.9 Å². The average molecular weight is 307 g/mol. The molecule has 124 valence electrons. The van der Waals surface area contributed by atoms with Crippen LogP contribution in [0.4, 0.5) is 4.79 Å². The highest BCUT2D eigenvalue weighted by Crippen LogP contribution is 2.09. The number of terminal acetylenes is 1. The Hall–Kier alpha value is -1.51. The van der Waals surface area contributed by atoms with Gasteiger partial charge in [0.05, 0.1) is 6.54 Å². The molecule has 22 heavy (non-hydrogen) atoms. The molecule has 0 unspecified atom stereocenters. The average Bonchev–Trinajstić information content (AvgIpc) is 2.43. The number of likely N-dealkylation sites (tertiary alicyclic amines) is 1. The molecule has 1 heterocycles. The van der Waals surface area contributed by atoms with Gasteiger partial charge in [-0.2, -0.15) is 0 Å². The highest BCUT2D eigenvalue weighted by molar-refractivity contribution is 5.67. The quantitative estimate of drug-likeness (QED) is 0.580. The number of amides is 1. The molecule has 1 rings (SSSR count). The number of nitrogens with one attached hydrogen (secondary N) is 2. The van der Waals surface area contributed by atoms with Crippen molar-refractivity contribution in [3.63, 3.8) is 0 Å². The van der Waals surface area contributed by atoms with Crippen LogP contribution >= 0.6 is 0 Å². The van der Waals surface area contributed by atoms with Crippen LogP contribution in [0.2, 0.25) is 0 Å². The fourth-order valence-corrected chi connectivity index (χ4v) is 2.28. The lowest BCUT2D eigenvalue weighted by Gasteiger charge is -2.30. The standard InChI is InChI=1S/C17H29N3O2/c1-5-12-20-13-8-15(9-14-20)18-10-6-7-11-19-16(21)22-17(2,3)4/h1,6-7,15,18H,8-14H2,2-4H3,(H,19,21)/b7-6+. The van der Waals surface area contributed by atoms with Crippen molar-refractivity contribution in [2.75, 3.05) is 32.7 Å². The topological polar surface area (TPSA) is 53.6 Å². The molecule has 0 aromatic rings. The van der Waals surface area contributed by atoms with E-state index in [-0.39, 0.29) is 6.09 Å². The van der Waals surface area contributed by atoms with Crippen molar-refractivity contribution in [1.29, 1.82) is 0 Å². The van der Waals surface area contributed by atoms with Gasteiger partial charge in [-0.05, 0) is 33.6 Å². The SMILES string of the molecule is C#CCN1CCC(NC/C=C/CNC(=O)OC(C)(C)C)CC1. The summed E-state index contributed by atoms with van der Waals surface area (Å²) in [5.74, 6) is 2.69. The van der Waals surface area contributed by atoms with Crippen molar-refractivity contribution in [3.8, 4) is 12.3 Å². The first kappa shape index (κ1) is 18.5. The monoisotopic (exact) mass is 307 g/mol. The summed E-state index contributed by atoms with van der Waals surface area (Å²) < 4.78 is 5.15. The third-order valence-electron chi connectivity index (χ3n) is 3.36. The molecule has 1 aliphatic rings. The van der Waals surface area contributed by atoms with Crippen LogP contribution in [-0.4, -0.2) is 55.4 Å². The maximum Gasteiger partial charge on any atom is 0.407 e. The fraction of sp³-hybridized carbons (Fsp3) is 0.706. The number of hydrogen-bond donors (Lipinski definition) is 2. The first-order valence-electron chi connectivity index (χ1n) is 7.92. The fourth-order valence-electron chi connectivity index (χ4n) is 2.28. The summed E-state index contributed by atoms with van der Waals surface area (Å²) in [4.78, 5) is 13.7. The van der Waals surface area contributed by atoms with Gasteiger partial charge in [0, 0.05) is 32.2 Å². The molecule has 1 amide bonds. The summed E-state index contributed by atoms with van der Waals surface area (Å²) in [5, 5.41) is 6.20. The molecule has 0 aliphatic carbocycles. The van der Waals surface area contributed by atoms with Crippen LogP contribution in [0.15, 0.2) is 12.2 Å². The Labute approximate surface area is 134 Å². The molecule has 0 radical (unpaired) electrons. The Morgan fingerprint density at radius 1 is 1.32 bits per heavy atom. The highest BCUT2D eigenvalue weighted by Gasteiger charge is 2.17. The van der Waals surface area contributed by atoms with E-state index in [4.69, 9.17) is 11.2 Å². The summed E-state index contributed by atoms with van der Waals surface area (Å²) >= 11 is 0. The third kappa shape index (κ3) is 8.71. The van der Waals surface area contributed by atoms with Crippen LogP contribution in [0.5, 0.6) is 0 Å². The number of nitrogens with zero attached hydrogens (tertiary/aromatic N) is 1. The van der Waals surface area contributed by atoms with Crippen LogP contribution in [-0.2, 0) is 4.74 Å². The van der Waals surface area contributed by atoms with Crippen LogP contribution in [0.3, 0.4) is 0 Å². The van der Waals surface area contributed by atoms with E-state index in [1.165, 1.54) is 0 Å². The van der Waals surface area contributed by atoms with Crippen LogP contribution in [0.25, 0.3) is 0 Å². The first-order valence-corrected chi connectivity index (χ1v) is 7.92. The normalized spacial score (nSPS) is 17.4. The van der Waals surface area contributed by atoms with Crippen molar-refractivity contribution in [2.45, 2.75) is 45.3 Å². The maximum absolute atomic E-state index is 11.4. The van der Waals surface area contributed by atoms with Gasteiger partial charge >= 0.3 is 6.09 Å². The molecule has 5 nitrogen and oxygen atoms in total. The second-order valence-corrected chi connectivity index (χ2v) is 6.52. The number of alkyl carbamates (subject to hydrolysis) is 1. The molecule has 1 saturated heterocycles. The van der Waals surface area contributed by atoms with Crippen molar-refractivity contribution in [2.24, 2.45) is 0 Å². The van der Waals surface area contributed by atoms with Crippen LogP contribution < -0.4 is 10.6 Å². The van der Waals surface area contributed by atoms with E-state index in [1.54, 1.807) is 0 Å². The zero-order valence-electron chi connectivity index (χ0n) is 14.0. The smallest absolute Gasteiger partial charge is 0.407 e. The van der Waals surface area contributed by atoms with Crippen molar-refractivity contribution < 1.29 is 9.53 Å². The lowest BCUT2D eigenvalue weighted by atomic mass is 10.1. The minimum atomic E-state index is -0.455. The molecular weight excluding hydrogens is 278 g/mol. The largest absolute Gasteiger partial charge is 0.444 e. The van der Waals surface area contributed by atoms with E-state index < -0.39 is 5.60 Å². The predicted molar refractivity (Wildman–Crippen MR) is 89.7 cm³/mol. The van der Waals surface area contributed by atoms with Gasteiger partial charge in [0.2, 0.25) is 0 Å². The number of carbonyl (C=O) groups excluding carboxylic acids is 1. The molecule has 1 fully saturated rings. The Kier molecular flexibility index (Phi) is 8.00. The molecule has 0 bridgehead atoms. The Bertz CT molecular complexity index is 399. The first-order chi connectivity index (χ1) is 10.4. The minimum absolute atomic E-state index is 0.383. The molecule has 0 aromatic heterocycles. The maximum atomic E-state index is 11.4. The van der Waals surface area contributed by atoms with Gasteiger partial charge in [-0.25, -0.2) is 4.79 Å². The zero-order valence-corrected chi connectivity index (χ0v) is 14.0. The highest BCUT2D eigenvalue weighted by atomic mass is 16.6. The predicted octanol–water partition coefficient (Wildman–Crippen LogP) is 1.75. The van der Waals surface area contributed by atoms with E-state index in [9.17, 15) is 4.79 Å². The number of ether oxygens (including phenoxy) is 1. The van der Waals surface area contributed by atoms with E-state index in [0.717, 1.165) is 39.0 Å². The third-order valence-corrected chi connectivity index (χ3v) is 3.36. The summed E-state index contributed by atoms with van der Waals surface area (Å²) in [6.45, 7) is 9.72. The van der Waals surface area contributed by atoms with Crippen molar-refractivity contribution in [1.82, 2.24) is 15.5 Å².